The number of ether oxygens (including phenoxy) is 1. The largest absolute Gasteiger partial charge is 0.491 e. The highest BCUT2D eigenvalue weighted by atomic mass is 79.9. The molecular formula is C16H19BrN2O2. The van der Waals surface area contributed by atoms with Crippen LogP contribution in [0.25, 0.3) is 0 Å². The smallest absolute Gasteiger partial charge is 0.119 e. The summed E-state index contributed by atoms with van der Waals surface area (Å²) in [6, 6.07) is 13.4. The molecule has 5 heteroatoms. The van der Waals surface area contributed by atoms with E-state index in [1.165, 1.54) is 0 Å². The van der Waals surface area contributed by atoms with Crippen molar-refractivity contribution in [2.45, 2.75) is 19.1 Å². The number of aliphatic hydroxyl groups is 1. The third-order valence-corrected chi connectivity index (χ3v) is 3.58. The summed E-state index contributed by atoms with van der Waals surface area (Å²) in [5.41, 5.74) is 0.957. The molecule has 2 rings (SSSR count). The molecule has 0 amide bonds. The molecule has 0 fully saturated rings. The predicted molar refractivity (Wildman–Crippen MR) is 86.3 cm³/mol. The molecule has 0 saturated carbocycles. The van der Waals surface area contributed by atoms with Crippen LogP contribution in [0.1, 0.15) is 18.7 Å². The second-order valence-electron chi connectivity index (χ2n) is 4.80. The van der Waals surface area contributed by atoms with Gasteiger partial charge in [0.1, 0.15) is 18.5 Å². The van der Waals surface area contributed by atoms with E-state index in [4.69, 9.17) is 4.74 Å². The van der Waals surface area contributed by atoms with Gasteiger partial charge in [0.05, 0.1) is 5.69 Å². The van der Waals surface area contributed by atoms with Gasteiger partial charge in [-0.15, -0.1) is 0 Å². The summed E-state index contributed by atoms with van der Waals surface area (Å²) in [7, 11) is 0. The van der Waals surface area contributed by atoms with E-state index < -0.39 is 6.10 Å². The zero-order chi connectivity index (χ0) is 15.1. The third-order valence-electron chi connectivity index (χ3n) is 3.05. The van der Waals surface area contributed by atoms with Gasteiger partial charge >= 0.3 is 0 Å². The molecule has 0 saturated heterocycles. The van der Waals surface area contributed by atoms with E-state index in [9.17, 15) is 5.11 Å². The molecule has 0 spiro atoms. The number of rotatable bonds is 7. The lowest BCUT2D eigenvalue weighted by atomic mass is 10.2. The van der Waals surface area contributed by atoms with E-state index in [0.717, 1.165) is 15.9 Å². The first-order valence-electron chi connectivity index (χ1n) is 6.86. The van der Waals surface area contributed by atoms with Crippen molar-refractivity contribution in [3.63, 3.8) is 0 Å². The standard InChI is InChI=1S/C16H19BrN2O2/c1-12(16-4-2-3-9-18-16)19-10-14(20)11-21-15-7-5-13(17)6-8-15/h2-9,12,14,19-20H,10-11H2,1H3. The van der Waals surface area contributed by atoms with Crippen LogP contribution in [0.4, 0.5) is 0 Å². The maximum atomic E-state index is 9.94. The van der Waals surface area contributed by atoms with Crippen LogP contribution >= 0.6 is 15.9 Å². The fourth-order valence-corrected chi connectivity index (χ4v) is 2.10. The van der Waals surface area contributed by atoms with E-state index in [0.29, 0.717) is 6.54 Å². The maximum absolute atomic E-state index is 9.94. The van der Waals surface area contributed by atoms with E-state index in [1.807, 2.05) is 49.4 Å². The molecule has 0 bridgehead atoms. The van der Waals surface area contributed by atoms with E-state index in [1.54, 1.807) is 6.20 Å². The van der Waals surface area contributed by atoms with Crippen LogP contribution in [-0.4, -0.2) is 29.3 Å². The van der Waals surface area contributed by atoms with Gasteiger partial charge in [0, 0.05) is 23.3 Å². The highest BCUT2D eigenvalue weighted by molar-refractivity contribution is 9.10. The Morgan fingerprint density at radius 2 is 2.00 bits per heavy atom. The van der Waals surface area contributed by atoms with E-state index >= 15 is 0 Å². The van der Waals surface area contributed by atoms with Crippen LogP contribution in [0.15, 0.2) is 53.1 Å². The lowest BCUT2D eigenvalue weighted by Gasteiger charge is -2.17. The Morgan fingerprint density at radius 3 is 2.67 bits per heavy atom. The first-order chi connectivity index (χ1) is 10.1. The van der Waals surface area contributed by atoms with Gasteiger partial charge in [0.15, 0.2) is 0 Å². The Balaban J connectivity index is 1.72. The second kappa shape index (κ2) is 8.12. The Bertz CT molecular complexity index is 534. The lowest BCUT2D eigenvalue weighted by Crippen LogP contribution is -2.33. The molecule has 0 aliphatic carbocycles. The summed E-state index contributed by atoms with van der Waals surface area (Å²) in [6.07, 6.45) is 1.19. The molecule has 2 unspecified atom stereocenters. The van der Waals surface area contributed by atoms with Crippen molar-refractivity contribution in [3.05, 3.63) is 58.8 Å². The van der Waals surface area contributed by atoms with Crippen molar-refractivity contribution < 1.29 is 9.84 Å². The topological polar surface area (TPSA) is 54.4 Å². The van der Waals surface area contributed by atoms with Gasteiger partial charge in [-0.2, -0.15) is 0 Å². The number of halogens is 1. The predicted octanol–water partition coefficient (Wildman–Crippen LogP) is 2.93. The molecule has 0 radical (unpaired) electrons. The quantitative estimate of drug-likeness (QED) is 0.805. The van der Waals surface area contributed by atoms with Gasteiger partial charge in [-0.3, -0.25) is 4.98 Å². The summed E-state index contributed by atoms with van der Waals surface area (Å²) in [6.45, 7) is 2.72. The highest BCUT2D eigenvalue weighted by Gasteiger charge is 2.10. The Hall–Kier alpha value is -1.43. The number of aromatic nitrogens is 1. The van der Waals surface area contributed by atoms with Gasteiger partial charge in [-0.05, 0) is 43.3 Å². The number of nitrogens with zero attached hydrogens (tertiary/aromatic N) is 1. The van der Waals surface area contributed by atoms with Crippen molar-refractivity contribution in [1.82, 2.24) is 10.3 Å². The summed E-state index contributed by atoms with van der Waals surface area (Å²) in [4.78, 5) is 4.28. The molecule has 1 heterocycles. The van der Waals surface area contributed by atoms with Gasteiger partial charge in [0.2, 0.25) is 0 Å². The molecule has 112 valence electrons. The number of nitrogens with one attached hydrogen (secondary N) is 1. The molecule has 2 atom stereocenters. The number of benzene rings is 1. The molecule has 2 N–H and O–H groups in total. The summed E-state index contributed by atoms with van der Waals surface area (Å²) in [5.74, 6) is 0.745. The maximum Gasteiger partial charge on any atom is 0.119 e. The monoisotopic (exact) mass is 350 g/mol. The Kier molecular flexibility index (Phi) is 6.17. The fraction of sp³-hybridized carbons (Fsp3) is 0.312. The minimum atomic E-state index is -0.570. The first-order valence-corrected chi connectivity index (χ1v) is 7.65. The Labute approximate surface area is 133 Å². The number of hydrogen-bond donors (Lipinski definition) is 2. The molecule has 0 aliphatic heterocycles. The molecule has 0 aliphatic rings. The second-order valence-corrected chi connectivity index (χ2v) is 5.72. The van der Waals surface area contributed by atoms with E-state index in [-0.39, 0.29) is 12.6 Å². The molecule has 1 aromatic heterocycles. The van der Waals surface area contributed by atoms with Crippen LogP contribution in [0.5, 0.6) is 5.75 Å². The lowest BCUT2D eigenvalue weighted by molar-refractivity contribution is 0.104. The van der Waals surface area contributed by atoms with Crippen LogP contribution in [-0.2, 0) is 0 Å². The molecular weight excluding hydrogens is 332 g/mol. The summed E-state index contributed by atoms with van der Waals surface area (Å²) in [5, 5.41) is 13.2. The third kappa shape index (κ3) is 5.46. The van der Waals surface area contributed by atoms with Crippen molar-refractivity contribution >= 4 is 15.9 Å². The van der Waals surface area contributed by atoms with Crippen molar-refractivity contribution in [2.24, 2.45) is 0 Å². The van der Waals surface area contributed by atoms with Gasteiger partial charge in [0.25, 0.3) is 0 Å². The summed E-state index contributed by atoms with van der Waals surface area (Å²) >= 11 is 3.37. The minimum absolute atomic E-state index is 0.0912. The zero-order valence-electron chi connectivity index (χ0n) is 11.9. The minimum Gasteiger partial charge on any atom is -0.491 e. The van der Waals surface area contributed by atoms with Gasteiger partial charge < -0.3 is 15.2 Å². The first kappa shape index (κ1) is 15.9. The van der Waals surface area contributed by atoms with Crippen LogP contribution in [0.2, 0.25) is 0 Å². The average molecular weight is 351 g/mol. The molecule has 21 heavy (non-hydrogen) atoms. The average Bonchev–Trinajstić information content (AvgIpc) is 2.53. The zero-order valence-corrected chi connectivity index (χ0v) is 13.5. The van der Waals surface area contributed by atoms with E-state index in [2.05, 4.69) is 26.2 Å². The fourth-order valence-electron chi connectivity index (χ4n) is 1.83. The van der Waals surface area contributed by atoms with Crippen LogP contribution < -0.4 is 10.1 Å². The van der Waals surface area contributed by atoms with Crippen molar-refractivity contribution in [1.29, 1.82) is 0 Å². The molecule has 1 aromatic carbocycles. The summed E-state index contributed by atoms with van der Waals surface area (Å²) < 4.78 is 6.54. The highest BCUT2D eigenvalue weighted by Crippen LogP contribution is 2.16. The van der Waals surface area contributed by atoms with Crippen molar-refractivity contribution in [3.8, 4) is 5.75 Å². The number of hydrogen-bond acceptors (Lipinski definition) is 4. The SMILES string of the molecule is CC(NCC(O)COc1ccc(Br)cc1)c1ccccn1. The number of pyridine rings is 1. The molecule has 2 aromatic rings. The van der Waals surface area contributed by atoms with Crippen LogP contribution in [0, 0.1) is 0 Å². The van der Waals surface area contributed by atoms with Gasteiger partial charge in [-0.25, -0.2) is 0 Å². The normalized spacial score (nSPS) is 13.7. The Morgan fingerprint density at radius 1 is 1.24 bits per heavy atom. The van der Waals surface area contributed by atoms with Crippen molar-refractivity contribution in [2.75, 3.05) is 13.2 Å². The van der Waals surface area contributed by atoms with Gasteiger partial charge in [-0.1, -0.05) is 22.0 Å². The number of aliphatic hydroxyl groups excluding tert-OH is 1. The van der Waals surface area contributed by atoms with Crippen LogP contribution in [0.3, 0.4) is 0 Å². The molecule has 4 nitrogen and oxygen atoms in total.